The zero-order valence-electron chi connectivity index (χ0n) is 38.7. The fraction of sp³-hybridized carbons (Fsp3) is 0.333. The predicted octanol–water partition coefficient (Wildman–Crippen LogP) is 13.0. The molecule has 13 nitrogen and oxygen atoms in total. The van der Waals surface area contributed by atoms with Crippen molar-refractivity contribution in [3.8, 4) is 45.3 Å². The number of nitrogens with one attached hydrogen (secondary N) is 2. The van der Waals surface area contributed by atoms with Gasteiger partial charge in [0, 0.05) is 71.0 Å². The van der Waals surface area contributed by atoms with E-state index in [2.05, 4.69) is 38.7 Å². The van der Waals surface area contributed by atoms with E-state index in [4.69, 9.17) is 87.7 Å². The Morgan fingerprint density at radius 2 is 1.04 bits per heavy atom. The van der Waals surface area contributed by atoms with Gasteiger partial charge in [-0.2, -0.15) is 0 Å². The molecule has 2 aromatic heterocycles. The lowest BCUT2D eigenvalue weighted by atomic mass is 9.81. The number of nitrogens with zero attached hydrogens (tertiary/aromatic N) is 4. The van der Waals surface area contributed by atoms with Crippen LogP contribution in [0.15, 0.2) is 86.2 Å². The van der Waals surface area contributed by atoms with Gasteiger partial charge in [-0.05, 0) is 90.7 Å². The highest BCUT2D eigenvalue weighted by Crippen LogP contribution is 2.48. The molecule has 2 aliphatic carbocycles. The molecule has 18 heteroatoms. The van der Waals surface area contributed by atoms with Crippen LogP contribution in [-0.2, 0) is 9.59 Å². The van der Waals surface area contributed by atoms with Gasteiger partial charge in [0.15, 0.2) is 5.78 Å². The lowest BCUT2D eigenvalue weighted by molar-refractivity contribution is -0.115. The van der Waals surface area contributed by atoms with Crippen molar-refractivity contribution in [2.45, 2.75) is 75.9 Å². The van der Waals surface area contributed by atoms with Crippen molar-refractivity contribution in [3.05, 3.63) is 106 Å². The third-order valence-electron chi connectivity index (χ3n) is 12.1. The van der Waals surface area contributed by atoms with Gasteiger partial charge in [-0.15, -0.1) is 0 Å². The molecule has 2 fully saturated rings. The molecule has 0 saturated heterocycles. The van der Waals surface area contributed by atoms with E-state index in [-0.39, 0.29) is 29.8 Å². The summed E-state index contributed by atoms with van der Waals surface area (Å²) in [5, 5.41) is 9.73. The number of hydrogen-bond donors (Lipinski definition) is 3. The molecule has 364 valence electrons. The Labute approximate surface area is 427 Å². The number of hydrogen-bond acceptors (Lipinski definition) is 13. The van der Waals surface area contributed by atoms with Crippen LogP contribution in [0.3, 0.4) is 0 Å². The summed E-state index contributed by atoms with van der Waals surface area (Å²) in [6.45, 7) is 6.68. The monoisotopic (exact) mass is 1040 g/mol. The van der Waals surface area contributed by atoms with E-state index in [0.717, 1.165) is 77.5 Å². The maximum Gasteiger partial charge on any atom is 0.244 e. The number of carbonyl (C=O) groups is 2. The predicted molar refractivity (Wildman–Crippen MR) is 280 cm³/mol. The number of benzene rings is 4. The molecule has 0 bridgehead atoms. The molecule has 0 aliphatic heterocycles. The molecule has 2 aliphatic rings. The Balaban J connectivity index is 0.000000208. The first-order valence-corrected chi connectivity index (χ1v) is 24.1. The molecular formula is C51H54Cl5N7O6. The van der Waals surface area contributed by atoms with Crippen molar-refractivity contribution in [3.63, 3.8) is 0 Å². The maximum absolute atomic E-state index is 11.9. The van der Waals surface area contributed by atoms with Crippen LogP contribution in [-0.4, -0.2) is 77.5 Å². The van der Waals surface area contributed by atoms with E-state index < -0.39 is 5.24 Å². The number of aromatic nitrogens is 4. The number of rotatable bonds is 14. The lowest BCUT2D eigenvalue weighted by Crippen LogP contribution is -2.42. The first-order chi connectivity index (χ1) is 33.2. The number of ketones is 1. The van der Waals surface area contributed by atoms with E-state index in [1.807, 2.05) is 36.4 Å². The standard InChI is InChI=1S/C26H27Cl2N3O3.C22H24Cl2N4O2.C3H3ClO/c1-4-18(32)12-15-7-5-6-8-19(15)30-26-29-14-17-11-16(9-10-20(17)31-26)23-24(27)21(33-2)13-22(34-3)25(23)28;1-29-17-10-18(30-2)21(24)19(20(17)23)12-7-8-15-13(9-12)11-26-22(27-15)28-16-6-4-3-5-14(16)25;1-2-3(4)5/h4,9-11,13-15,19H,1,5-8,12H2,2-3H3,(H,29,30,31);7-11,14,16H,3-6,25H2,1-2H3,(H,26,27,28);2H,1H2/t15-,19?;14-,16?;/m10./s1. The third kappa shape index (κ3) is 13.1. The summed E-state index contributed by atoms with van der Waals surface area (Å²) in [6, 6.07) is 15.4. The first-order valence-electron chi connectivity index (χ1n) is 22.2. The number of allylic oxidation sites excluding steroid dienone is 2. The van der Waals surface area contributed by atoms with E-state index in [0.29, 0.717) is 72.5 Å². The summed E-state index contributed by atoms with van der Waals surface area (Å²) in [4.78, 5) is 39.8. The van der Waals surface area contributed by atoms with Crippen LogP contribution in [0.1, 0.15) is 57.8 Å². The van der Waals surface area contributed by atoms with Gasteiger partial charge < -0.3 is 35.3 Å². The molecule has 0 radical (unpaired) electrons. The smallest absolute Gasteiger partial charge is 0.244 e. The summed E-state index contributed by atoms with van der Waals surface area (Å²) in [5.41, 5.74) is 10.8. The van der Waals surface area contributed by atoms with E-state index in [9.17, 15) is 9.59 Å². The quantitative estimate of drug-likeness (QED) is 0.0696. The van der Waals surface area contributed by atoms with E-state index >= 15 is 0 Å². The molecule has 4 N–H and O–H groups in total. The van der Waals surface area contributed by atoms with Crippen LogP contribution in [0.4, 0.5) is 11.9 Å². The SMILES string of the molecule is C=CC(=O)C[C@H]1CCCCC1Nc1ncc2cc(-c3c(Cl)c(OC)cc(OC)c3Cl)ccc2n1.C=CC(=O)Cl.COc1cc(OC)c(Cl)c(-c2ccc3nc(NC4CCCC[C@@H]4N)ncc3c2)c1Cl. The van der Waals surface area contributed by atoms with Crippen molar-refractivity contribution < 1.29 is 28.5 Å². The van der Waals surface area contributed by atoms with Crippen molar-refractivity contribution >= 4 is 103 Å². The highest BCUT2D eigenvalue weighted by Gasteiger charge is 2.28. The zero-order valence-corrected chi connectivity index (χ0v) is 42.5. The fourth-order valence-electron chi connectivity index (χ4n) is 8.45. The van der Waals surface area contributed by atoms with Crippen molar-refractivity contribution in [2.75, 3.05) is 39.1 Å². The average molecular weight is 1040 g/mol. The second-order valence-electron chi connectivity index (χ2n) is 16.4. The van der Waals surface area contributed by atoms with Crippen molar-refractivity contribution in [1.29, 1.82) is 0 Å². The summed E-state index contributed by atoms with van der Waals surface area (Å²) in [7, 11) is 6.20. The highest BCUT2D eigenvalue weighted by atomic mass is 35.5. The van der Waals surface area contributed by atoms with Crippen molar-refractivity contribution in [1.82, 2.24) is 19.9 Å². The highest BCUT2D eigenvalue weighted by molar-refractivity contribution is 6.66. The zero-order chi connectivity index (χ0) is 49.8. The van der Waals surface area contributed by atoms with Crippen LogP contribution >= 0.6 is 58.0 Å². The molecule has 0 spiro atoms. The van der Waals surface area contributed by atoms with Crippen LogP contribution in [0.5, 0.6) is 23.0 Å². The topological polar surface area (TPSA) is 173 Å². The second-order valence-corrected chi connectivity index (χ2v) is 18.3. The number of halogens is 5. The van der Waals surface area contributed by atoms with Gasteiger partial charge in [0.25, 0.3) is 0 Å². The minimum absolute atomic E-state index is 0.0807. The molecule has 4 atom stereocenters. The summed E-state index contributed by atoms with van der Waals surface area (Å²) < 4.78 is 21.5. The summed E-state index contributed by atoms with van der Waals surface area (Å²) in [6.07, 6.45) is 15.2. The number of methoxy groups -OCH3 is 4. The van der Waals surface area contributed by atoms with Gasteiger partial charge in [-0.1, -0.05) is 97.4 Å². The van der Waals surface area contributed by atoms with Gasteiger partial charge in [0.05, 0.1) is 59.6 Å². The van der Waals surface area contributed by atoms with Crippen LogP contribution in [0.25, 0.3) is 44.1 Å². The van der Waals surface area contributed by atoms with E-state index in [1.54, 1.807) is 53.0 Å². The second kappa shape index (κ2) is 24.9. The molecule has 69 heavy (non-hydrogen) atoms. The molecule has 8 rings (SSSR count). The average Bonchev–Trinajstić information content (AvgIpc) is 3.36. The van der Waals surface area contributed by atoms with Gasteiger partial charge in [-0.25, -0.2) is 19.9 Å². The molecule has 0 amide bonds. The first kappa shape index (κ1) is 53.0. The molecular weight excluding hydrogens is 984 g/mol. The Bertz CT molecular complexity index is 2780. The largest absolute Gasteiger partial charge is 0.495 e. The van der Waals surface area contributed by atoms with Gasteiger partial charge in [-0.3, -0.25) is 9.59 Å². The molecule has 4 aromatic carbocycles. The van der Waals surface area contributed by atoms with Gasteiger partial charge >= 0.3 is 0 Å². The minimum Gasteiger partial charge on any atom is -0.495 e. The molecule has 2 unspecified atom stereocenters. The lowest BCUT2D eigenvalue weighted by Gasteiger charge is -2.31. The summed E-state index contributed by atoms with van der Waals surface area (Å²) in [5.74, 6) is 3.43. The van der Waals surface area contributed by atoms with Crippen LogP contribution in [0, 0.1) is 5.92 Å². The van der Waals surface area contributed by atoms with E-state index in [1.165, 1.54) is 18.9 Å². The maximum atomic E-state index is 11.9. The normalized spacial score (nSPS) is 17.5. The Kier molecular flexibility index (Phi) is 19.1. The third-order valence-corrected chi connectivity index (χ3v) is 13.7. The number of anilines is 2. The van der Waals surface area contributed by atoms with Crippen LogP contribution < -0.4 is 35.3 Å². The molecule has 2 saturated carbocycles. The Hall–Kier alpha value is -5.41. The Morgan fingerprint density at radius 3 is 1.45 bits per heavy atom. The number of carbonyl (C=O) groups excluding carboxylic acids is 2. The van der Waals surface area contributed by atoms with Gasteiger partial charge in [0.1, 0.15) is 23.0 Å². The minimum atomic E-state index is -0.509. The number of fused-ring (bicyclic) bond motifs is 2. The molecule has 6 aromatic rings. The van der Waals surface area contributed by atoms with Crippen molar-refractivity contribution in [2.24, 2.45) is 11.7 Å². The number of nitrogens with two attached hydrogens (primary N) is 1. The summed E-state index contributed by atoms with van der Waals surface area (Å²) >= 11 is 31.0. The molecule has 2 heterocycles. The van der Waals surface area contributed by atoms with Crippen LogP contribution in [0.2, 0.25) is 20.1 Å². The Morgan fingerprint density at radius 1 is 0.638 bits per heavy atom. The fourth-order valence-corrected chi connectivity index (χ4v) is 9.89. The number of ether oxygens (including phenoxy) is 4. The van der Waals surface area contributed by atoms with Gasteiger partial charge in [0.2, 0.25) is 17.1 Å².